The van der Waals surface area contributed by atoms with Crippen LogP contribution in [0.3, 0.4) is 0 Å². The summed E-state index contributed by atoms with van der Waals surface area (Å²) in [5, 5.41) is 0. The molecule has 6 atom stereocenters. The quantitative estimate of drug-likeness (QED) is 0.561. The van der Waals surface area contributed by atoms with Gasteiger partial charge in [-0.05, 0) is 5.92 Å². The topological polar surface area (TPSA) is 88.1 Å². The van der Waals surface area contributed by atoms with E-state index in [1.165, 1.54) is 20.8 Å². The van der Waals surface area contributed by atoms with Gasteiger partial charge in [-0.25, -0.2) is 0 Å². The lowest BCUT2D eigenvalue weighted by atomic mass is 9.83. The lowest BCUT2D eigenvalue weighted by Gasteiger charge is -2.45. The SMILES string of the molecule is CC[C@H](C)[C@H]1O[C@H](OC(C)=O)[C@@H](OC(C)=O)[C@@H](OC(C)=O)[C@@H]1C. The molecule has 0 N–H and O–H groups in total. The minimum atomic E-state index is -1.10. The van der Waals surface area contributed by atoms with Gasteiger partial charge in [0.25, 0.3) is 0 Å². The van der Waals surface area contributed by atoms with E-state index in [0.29, 0.717) is 0 Å². The first-order chi connectivity index (χ1) is 10.7. The van der Waals surface area contributed by atoms with Gasteiger partial charge in [-0.3, -0.25) is 14.4 Å². The molecule has 1 aliphatic rings. The van der Waals surface area contributed by atoms with Crippen molar-refractivity contribution in [3.8, 4) is 0 Å². The predicted molar refractivity (Wildman–Crippen MR) is 80.2 cm³/mol. The van der Waals surface area contributed by atoms with Crippen molar-refractivity contribution in [2.45, 2.75) is 72.6 Å². The minimum Gasteiger partial charge on any atom is -0.458 e. The van der Waals surface area contributed by atoms with E-state index in [9.17, 15) is 14.4 Å². The Bertz CT molecular complexity index is 448. The summed E-state index contributed by atoms with van der Waals surface area (Å²) in [4.78, 5) is 34.2. The van der Waals surface area contributed by atoms with Crippen LogP contribution in [0.1, 0.15) is 48.0 Å². The van der Waals surface area contributed by atoms with Gasteiger partial charge in [-0.2, -0.15) is 0 Å². The second-order valence-electron chi connectivity index (χ2n) is 5.97. The van der Waals surface area contributed by atoms with Crippen molar-refractivity contribution in [1.29, 1.82) is 0 Å². The van der Waals surface area contributed by atoms with Gasteiger partial charge in [-0.1, -0.05) is 27.2 Å². The predicted octanol–water partition coefficient (Wildman–Crippen LogP) is 1.82. The Labute approximate surface area is 136 Å². The molecule has 1 aliphatic heterocycles. The van der Waals surface area contributed by atoms with Crippen molar-refractivity contribution in [3.05, 3.63) is 0 Å². The van der Waals surface area contributed by atoms with Gasteiger partial charge >= 0.3 is 17.9 Å². The van der Waals surface area contributed by atoms with Crippen molar-refractivity contribution in [3.63, 3.8) is 0 Å². The molecule has 0 unspecified atom stereocenters. The van der Waals surface area contributed by atoms with Crippen molar-refractivity contribution >= 4 is 17.9 Å². The third kappa shape index (κ3) is 5.20. The fourth-order valence-corrected chi connectivity index (χ4v) is 2.82. The maximum Gasteiger partial charge on any atom is 0.305 e. The van der Waals surface area contributed by atoms with Crippen molar-refractivity contribution in [2.75, 3.05) is 0 Å². The van der Waals surface area contributed by atoms with Crippen LogP contribution in [-0.2, 0) is 33.3 Å². The third-order valence-electron chi connectivity index (χ3n) is 4.01. The van der Waals surface area contributed by atoms with Gasteiger partial charge in [0, 0.05) is 26.7 Å². The molecule has 7 heteroatoms. The van der Waals surface area contributed by atoms with Crippen LogP contribution in [0.2, 0.25) is 0 Å². The van der Waals surface area contributed by atoms with Crippen LogP contribution in [0, 0.1) is 11.8 Å². The first-order valence-electron chi connectivity index (χ1n) is 7.84. The number of hydrogen-bond donors (Lipinski definition) is 0. The van der Waals surface area contributed by atoms with E-state index >= 15 is 0 Å². The first kappa shape index (κ1) is 19.4. The standard InChI is InChI=1S/C16H26O7/c1-7-8(2)13-9(3)14(20-10(4)17)15(21-11(5)18)16(23-13)22-12(6)19/h8-9,13-16H,7H2,1-6H3/t8-,9+,13+,14-,15-,16-/m0/s1. The average Bonchev–Trinajstić information content (AvgIpc) is 2.43. The van der Waals surface area contributed by atoms with Crippen LogP contribution in [0.5, 0.6) is 0 Å². The van der Waals surface area contributed by atoms with E-state index in [0.717, 1.165) is 6.42 Å². The van der Waals surface area contributed by atoms with Crippen molar-refractivity contribution in [2.24, 2.45) is 11.8 Å². The highest BCUT2D eigenvalue weighted by molar-refractivity contribution is 5.68. The molecular weight excluding hydrogens is 304 g/mol. The molecule has 1 fully saturated rings. The van der Waals surface area contributed by atoms with Crippen LogP contribution in [0.25, 0.3) is 0 Å². The van der Waals surface area contributed by atoms with Crippen LogP contribution in [-0.4, -0.2) is 42.5 Å². The molecule has 0 aromatic rings. The van der Waals surface area contributed by atoms with E-state index in [1.54, 1.807) is 0 Å². The van der Waals surface area contributed by atoms with Crippen LogP contribution in [0.15, 0.2) is 0 Å². The van der Waals surface area contributed by atoms with Crippen molar-refractivity contribution < 1.29 is 33.3 Å². The molecule has 132 valence electrons. The highest BCUT2D eigenvalue weighted by Gasteiger charge is 2.50. The maximum absolute atomic E-state index is 11.5. The lowest BCUT2D eigenvalue weighted by molar-refractivity contribution is -0.288. The maximum atomic E-state index is 11.5. The van der Waals surface area contributed by atoms with Gasteiger partial charge < -0.3 is 18.9 Å². The number of hydrogen-bond acceptors (Lipinski definition) is 7. The third-order valence-corrected chi connectivity index (χ3v) is 4.01. The monoisotopic (exact) mass is 330 g/mol. The number of carbonyl (C=O) groups is 3. The zero-order valence-electron chi connectivity index (χ0n) is 14.5. The molecule has 0 spiro atoms. The van der Waals surface area contributed by atoms with Crippen LogP contribution in [0.4, 0.5) is 0 Å². The summed E-state index contributed by atoms with van der Waals surface area (Å²) in [6.07, 6.45) is -2.28. The van der Waals surface area contributed by atoms with Crippen LogP contribution < -0.4 is 0 Å². The summed E-state index contributed by atoms with van der Waals surface area (Å²) in [6, 6.07) is 0. The highest BCUT2D eigenvalue weighted by Crippen LogP contribution is 2.35. The molecule has 0 bridgehead atoms. The normalized spacial score (nSPS) is 31.8. The average molecular weight is 330 g/mol. The van der Waals surface area contributed by atoms with E-state index in [2.05, 4.69) is 0 Å². The molecule has 1 saturated heterocycles. The van der Waals surface area contributed by atoms with Gasteiger partial charge in [0.2, 0.25) is 12.4 Å². The van der Waals surface area contributed by atoms with E-state index in [4.69, 9.17) is 18.9 Å². The Morgan fingerprint density at radius 3 is 1.87 bits per heavy atom. The molecule has 0 aromatic heterocycles. The first-order valence-corrected chi connectivity index (χ1v) is 7.84. The number of esters is 3. The summed E-state index contributed by atoms with van der Waals surface area (Å²) in [7, 11) is 0. The Morgan fingerprint density at radius 1 is 0.957 bits per heavy atom. The van der Waals surface area contributed by atoms with Gasteiger partial charge in [0.05, 0.1) is 6.10 Å². The number of ether oxygens (including phenoxy) is 4. The second kappa shape index (κ2) is 8.29. The Morgan fingerprint density at radius 2 is 1.43 bits per heavy atom. The molecule has 23 heavy (non-hydrogen) atoms. The summed E-state index contributed by atoms with van der Waals surface area (Å²) in [5.41, 5.74) is 0. The van der Waals surface area contributed by atoms with Crippen molar-refractivity contribution in [1.82, 2.24) is 0 Å². The molecular formula is C16H26O7. The van der Waals surface area contributed by atoms with Gasteiger partial charge in [-0.15, -0.1) is 0 Å². The molecule has 0 amide bonds. The number of carbonyl (C=O) groups excluding carboxylic acids is 3. The Kier molecular flexibility index (Phi) is 7.00. The molecule has 0 saturated carbocycles. The zero-order chi connectivity index (χ0) is 17.7. The van der Waals surface area contributed by atoms with Crippen LogP contribution >= 0.6 is 0 Å². The zero-order valence-corrected chi connectivity index (χ0v) is 14.5. The van der Waals surface area contributed by atoms with Gasteiger partial charge in [0.1, 0.15) is 6.10 Å². The molecule has 0 radical (unpaired) electrons. The lowest BCUT2D eigenvalue weighted by Crippen LogP contribution is -2.58. The molecule has 0 aliphatic carbocycles. The summed E-state index contributed by atoms with van der Waals surface area (Å²) >= 11 is 0. The fourth-order valence-electron chi connectivity index (χ4n) is 2.82. The Balaban J connectivity index is 3.15. The summed E-state index contributed by atoms with van der Waals surface area (Å²) in [5.74, 6) is -1.69. The fraction of sp³-hybridized carbons (Fsp3) is 0.812. The van der Waals surface area contributed by atoms with Gasteiger partial charge in [0.15, 0.2) is 0 Å². The molecule has 0 aromatic carbocycles. The second-order valence-corrected chi connectivity index (χ2v) is 5.97. The minimum absolute atomic E-state index is 0.152. The summed E-state index contributed by atoms with van der Waals surface area (Å²) < 4.78 is 21.6. The Hall–Kier alpha value is -1.63. The molecule has 7 nitrogen and oxygen atoms in total. The largest absolute Gasteiger partial charge is 0.458 e. The smallest absolute Gasteiger partial charge is 0.305 e. The van der Waals surface area contributed by atoms with E-state index < -0.39 is 36.4 Å². The molecule has 1 rings (SSSR count). The number of rotatable bonds is 5. The highest BCUT2D eigenvalue weighted by atomic mass is 16.7. The molecule has 1 heterocycles. The van der Waals surface area contributed by atoms with E-state index in [1.807, 2.05) is 20.8 Å². The van der Waals surface area contributed by atoms with E-state index in [-0.39, 0.29) is 17.9 Å². The summed E-state index contributed by atoms with van der Waals surface area (Å²) in [6.45, 7) is 9.65.